The lowest BCUT2D eigenvalue weighted by atomic mass is 10.1. The standard InChI is InChI=1S/C13H13NO5S2/c15-13(16)10-11(9-5-1-2-7-21(9,17)18)19-12(14-10)8-4-3-6-20-8/h3-4,6,9H,1-2,5,7H2,(H,15,16). The average Bonchev–Trinajstić information content (AvgIpc) is 3.07. The third-order valence-electron chi connectivity index (χ3n) is 3.46. The van der Waals surface area contributed by atoms with Crippen LogP contribution in [0, 0.1) is 0 Å². The molecular weight excluding hydrogens is 314 g/mol. The van der Waals surface area contributed by atoms with Crippen molar-refractivity contribution < 1.29 is 22.7 Å². The number of hydrogen-bond donors (Lipinski definition) is 1. The van der Waals surface area contributed by atoms with E-state index >= 15 is 0 Å². The van der Waals surface area contributed by atoms with E-state index in [1.807, 2.05) is 5.38 Å². The van der Waals surface area contributed by atoms with Gasteiger partial charge < -0.3 is 9.52 Å². The third kappa shape index (κ3) is 2.60. The molecule has 0 aliphatic carbocycles. The van der Waals surface area contributed by atoms with E-state index in [1.165, 1.54) is 11.3 Å². The van der Waals surface area contributed by atoms with Crippen LogP contribution in [-0.2, 0) is 9.84 Å². The molecule has 0 amide bonds. The molecule has 0 saturated carbocycles. The zero-order valence-corrected chi connectivity index (χ0v) is 12.6. The summed E-state index contributed by atoms with van der Waals surface area (Å²) in [6.07, 6.45) is 1.72. The smallest absolute Gasteiger partial charge is 0.358 e. The van der Waals surface area contributed by atoms with Crippen molar-refractivity contribution in [2.24, 2.45) is 0 Å². The molecular formula is C13H13NO5S2. The molecule has 0 aromatic carbocycles. The summed E-state index contributed by atoms with van der Waals surface area (Å²) in [6.45, 7) is 0. The van der Waals surface area contributed by atoms with Crippen LogP contribution in [0.25, 0.3) is 10.8 Å². The number of carbonyl (C=O) groups is 1. The zero-order chi connectivity index (χ0) is 15.0. The van der Waals surface area contributed by atoms with Crippen molar-refractivity contribution >= 4 is 27.1 Å². The molecule has 1 fully saturated rings. The minimum Gasteiger partial charge on any atom is -0.476 e. The second-order valence-electron chi connectivity index (χ2n) is 4.87. The van der Waals surface area contributed by atoms with Crippen LogP contribution in [0.2, 0.25) is 0 Å². The molecule has 2 aromatic heterocycles. The van der Waals surface area contributed by atoms with Gasteiger partial charge in [0.15, 0.2) is 21.3 Å². The maximum atomic E-state index is 12.2. The van der Waals surface area contributed by atoms with Crippen molar-refractivity contribution in [1.82, 2.24) is 4.98 Å². The fourth-order valence-electron chi connectivity index (χ4n) is 2.46. The zero-order valence-electron chi connectivity index (χ0n) is 11.0. The number of carboxylic acids is 1. The van der Waals surface area contributed by atoms with E-state index in [0.717, 1.165) is 6.42 Å². The first-order valence-corrected chi connectivity index (χ1v) is 9.08. The van der Waals surface area contributed by atoms with E-state index in [4.69, 9.17) is 4.42 Å². The molecule has 1 N–H and O–H groups in total. The molecule has 21 heavy (non-hydrogen) atoms. The van der Waals surface area contributed by atoms with E-state index in [2.05, 4.69) is 4.98 Å². The van der Waals surface area contributed by atoms with E-state index in [-0.39, 0.29) is 23.1 Å². The molecule has 1 aliphatic heterocycles. The van der Waals surface area contributed by atoms with Gasteiger partial charge in [-0.15, -0.1) is 11.3 Å². The van der Waals surface area contributed by atoms with Crippen LogP contribution in [0.15, 0.2) is 21.9 Å². The maximum Gasteiger partial charge on any atom is 0.358 e. The summed E-state index contributed by atoms with van der Waals surface area (Å²) in [5.41, 5.74) is -0.297. The molecule has 6 nitrogen and oxygen atoms in total. The molecule has 8 heteroatoms. The normalized spacial score (nSPS) is 21.2. The topological polar surface area (TPSA) is 97.5 Å². The van der Waals surface area contributed by atoms with Crippen LogP contribution >= 0.6 is 11.3 Å². The summed E-state index contributed by atoms with van der Waals surface area (Å²) in [7, 11) is -3.38. The molecule has 0 radical (unpaired) electrons. The number of sulfone groups is 1. The fourth-order valence-corrected chi connectivity index (χ4v) is 5.01. The maximum absolute atomic E-state index is 12.2. The van der Waals surface area contributed by atoms with E-state index in [9.17, 15) is 18.3 Å². The summed E-state index contributed by atoms with van der Waals surface area (Å²) in [5, 5.41) is 10.2. The van der Waals surface area contributed by atoms with Crippen LogP contribution in [0.5, 0.6) is 0 Å². The summed E-state index contributed by atoms with van der Waals surface area (Å²) in [6, 6.07) is 3.54. The lowest BCUT2D eigenvalue weighted by Gasteiger charge is -2.20. The highest BCUT2D eigenvalue weighted by molar-refractivity contribution is 7.91. The first-order chi connectivity index (χ1) is 9.99. The first-order valence-electron chi connectivity index (χ1n) is 6.48. The van der Waals surface area contributed by atoms with E-state index in [0.29, 0.717) is 17.7 Å². The Morgan fingerprint density at radius 2 is 2.24 bits per heavy atom. The monoisotopic (exact) mass is 327 g/mol. The van der Waals surface area contributed by atoms with Crippen molar-refractivity contribution in [3.63, 3.8) is 0 Å². The lowest BCUT2D eigenvalue weighted by molar-refractivity contribution is 0.0688. The largest absolute Gasteiger partial charge is 0.476 e. The highest BCUT2D eigenvalue weighted by Gasteiger charge is 2.37. The van der Waals surface area contributed by atoms with Gasteiger partial charge in [-0.05, 0) is 24.3 Å². The number of rotatable bonds is 3. The highest BCUT2D eigenvalue weighted by atomic mass is 32.2. The number of nitrogens with zero attached hydrogens (tertiary/aromatic N) is 1. The van der Waals surface area contributed by atoms with Gasteiger partial charge in [0, 0.05) is 0 Å². The Hall–Kier alpha value is -1.67. The molecule has 112 valence electrons. The van der Waals surface area contributed by atoms with Crippen molar-refractivity contribution in [3.05, 3.63) is 29.0 Å². The summed E-state index contributed by atoms with van der Waals surface area (Å²) < 4.78 is 29.9. The van der Waals surface area contributed by atoms with Crippen LogP contribution in [0.3, 0.4) is 0 Å². The van der Waals surface area contributed by atoms with Gasteiger partial charge in [-0.25, -0.2) is 18.2 Å². The van der Waals surface area contributed by atoms with Crippen molar-refractivity contribution in [1.29, 1.82) is 0 Å². The van der Waals surface area contributed by atoms with Gasteiger partial charge >= 0.3 is 5.97 Å². The van der Waals surface area contributed by atoms with Gasteiger partial charge in [0.05, 0.1) is 10.6 Å². The predicted octanol–water partition coefficient (Wildman–Crippen LogP) is 2.74. The van der Waals surface area contributed by atoms with Gasteiger partial charge in [-0.1, -0.05) is 12.5 Å². The van der Waals surface area contributed by atoms with Crippen LogP contribution in [-0.4, -0.2) is 30.2 Å². The van der Waals surface area contributed by atoms with E-state index in [1.54, 1.807) is 12.1 Å². The molecule has 0 spiro atoms. The lowest BCUT2D eigenvalue weighted by Crippen LogP contribution is -2.22. The molecule has 2 aromatic rings. The molecule has 1 aliphatic rings. The predicted molar refractivity (Wildman–Crippen MR) is 77.2 cm³/mol. The minimum absolute atomic E-state index is 0.0365. The second kappa shape index (κ2) is 5.27. The van der Waals surface area contributed by atoms with Crippen LogP contribution in [0.1, 0.15) is 40.8 Å². The van der Waals surface area contributed by atoms with Crippen LogP contribution in [0.4, 0.5) is 0 Å². The molecule has 0 bridgehead atoms. The number of carboxylic acid groups (broad SMARTS) is 1. The molecule has 1 saturated heterocycles. The van der Waals surface area contributed by atoms with Crippen LogP contribution < -0.4 is 0 Å². The Labute approximate surface area is 125 Å². The number of aromatic nitrogens is 1. The Bertz CT molecular complexity index is 761. The summed E-state index contributed by atoms with van der Waals surface area (Å²) in [5.74, 6) is -1.08. The minimum atomic E-state index is -3.38. The SMILES string of the molecule is O=C(O)c1nc(-c2cccs2)oc1C1CCCCS1(=O)=O. The van der Waals surface area contributed by atoms with Gasteiger partial charge in [0.1, 0.15) is 5.25 Å². The number of oxazole rings is 1. The quantitative estimate of drug-likeness (QED) is 0.931. The summed E-state index contributed by atoms with van der Waals surface area (Å²) >= 11 is 1.36. The Balaban J connectivity index is 2.11. The number of aromatic carboxylic acids is 1. The molecule has 3 heterocycles. The second-order valence-corrected chi connectivity index (χ2v) is 8.12. The van der Waals surface area contributed by atoms with Gasteiger partial charge in [0.25, 0.3) is 0 Å². The molecule has 3 rings (SSSR count). The van der Waals surface area contributed by atoms with Crippen molar-refractivity contribution in [2.75, 3.05) is 5.75 Å². The number of hydrogen-bond acceptors (Lipinski definition) is 6. The van der Waals surface area contributed by atoms with Gasteiger partial charge in [-0.2, -0.15) is 0 Å². The Kier molecular flexibility index (Phi) is 3.58. The first kappa shape index (κ1) is 14.3. The highest BCUT2D eigenvalue weighted by Crippen LogP contribution is 2.38. The van der Waals surface area contributed by atoms with Crippen molar-refractivity contribution in [2.45, 2.75) is 24.5 Å². The Morgan fingerprint density at radius 1 is 1.43 bits per heavy atom. The molecule has 1 unspecified atom stereocenters. The van der Waals surface area contributed by atoms with Crippen molar-refractivity contribution in [3.8, 4) is 10.8 Å². The average molecular weight is 327 g/mol. The fraction of sp³-hybridized carbons (Fsp3) is 0.385. The summed E-state index contributed by atoms with van der Waals surface area (Å²) in [4.78, 5) is 16.0. The van der Waals surface area contributed by atoms with Gasteiger partial charge in [0.2, 0.25) is 5.89 Å². The third-order valence-corrected chi connectivity index (χ3v) is 6.49. The van der Waals surface area contributed by atoms with E-state index < -0.39 is 21.1 Å². The van der Waals surface area contributed by atoms with Gasteiger partial charge in [-0.3, -0.25) is 0 Å². The number of thiophene rings is 1. The Morgan fingerprint density at radius 3 is 2.86 bits per heavy atom. The molecule has 1 atom stereocenters.